The van der Waals surface area contributed by atoms with Crippen LogP contribution in [0.4, 0.5) is 0 Å². The Kier molecular flexibility index (Phi) is 3.64. The first-order chi connectivity index (χ1) is 6.63. The van der Waals surface area contributed by atoms with Gasteiger partial charge in [-0.25, -0.2) is 4.68 Å². The molecule has 0 fully saturated rings. The molecule has 14 heavy (non-hydrogen) atoms. The van der Waals surface area contributed by atoms with E-state index in [1.165, 1.54) is 11.3 Å². The highest BCUT2D eigenvalue weighted by Crippen LogP contribution is 1.95. The van der Waals surface area contributed by atoms with Gasteiger partial charge in [-0.05, 0) is 19.9 Å². The van der Waals surface area contributed by atoms with Gasteiger partial charge >= 0.3 is 0 Å². The lowest BCUT2D eigenvalue weighted by molar-refractivity contribution is 0.655. The molecule has 0 aromatic carbocycles. The van der Waals surface area contributed by atoms with E-state index in [0.29, 0.717) is 11.3 Å². The Balaban J connectivity index is 2.67. The standard InChI is InChI=1S/C9H14N4S/c1-3-8(10)5-4-6-13-9(11)14-7(2)12-13/h3-5,11H,6,10H2,1-2H3/b5-4-,8-3+,11-9?. The largest absolute Gasteiger partial charge is 0.399 e. The van der Waals surface area contributed by atoms with E-state index in [0.717, 1.165) is 10.7 Å². The first-order valence-electron chi connectivity index (χ1n) is 4.31. The van der Waals surface area contributed by atoms with Crippen molar-refractivity contribution < 1.29 is 0 Å². The second-order valence-electron chi connectivity index (χ2n) is 2.80. The molecule has 0 spiro atoms. The molecule has 3 N–H and O–H groups in total. The number of aromatic nitrogens is 2. The molecule has 1 aromatic rings. The van der Waals surface area contributed by atoms with E-state index in [9.17, 15) is 0 Å². The van der Waals surface area contributed by atoms with Crippen LogP contribution in [0, 0.1) is 12.3 Å². The van der Waals surface area contributed by atoms with Gasteiger partial charge in [-0.1, -0.05) is 23.5 Å². The number of nitrogens with two attached hydrogens (primary N) is 1. The van der Waals surface area contributed by atoms with Gasteiger partial charge in [-0.2, -0.15) is 5.10 Å². The Morgan fingerprint density at radius 2 is 2.43 bits per heavy atom. The van der Waals surface area contributed by atoms with E-state index in [1.54, 1.807) is 4.68 Å². The molecule has 0 atom stereocenters. The van der Waals surface area contributed by atoms with Crippen molar-refractivity contribution in [3.8, 4) is 0 Å². The number of hydrogen-bond donors (Lipinski definition) is 2. The highest BCUT2D eigenvalue weighted by atomic mass is 32.1. The van der Waals surface area contributed by atoms with E-state index in [4.69, 9.17) is 11.1 Å². The van der Waals surface area contributed by atoms with Crippen molar-refractivity contribution in [1.82, 2.24) is 9.78 Å². The highest BCUT2D eigenvalue weighted by Gasteiger charge is 1.95. The molecule has 1 heterocycles. The summed E-state index contributed by atoms with van der Waals surface area (Å²) in [5.74, 6) is 0. The molecule has 4 nitrogen and oxygen atoms in total. The van der Waals surface area contributed by atoms with Crippen LogP contribution >= 0.6 is 11.3 Å². The zero-order chi connectivity index (χ0) is 10.6. The fraction of sp³-hybridized carbons (Fsp3) is 0.333. The minimum Gasteiger partial charge on any atom is -0.399 e. The van der Waals surface area contributed by atoms with Gasteiger partial charge in [0.05, 0.1) is 6.54 Å². The summed E-state index contributed by atoms with van der Waals surface area (Å²) < 4.78 is 1.64. The van der Waals surface area contributed by atoms with Gasteiger partial charge in [0.15, 0.2) is 4.80 Å². The normalized spacial score (nSPS) is 12.6. The van der Waals surface area contributed by atoms with Gasteiger partial charge in [0.1, 0.15) is 5.01 Å². The molecule has 0 bridgehead atoms. The molecule has 0 aliphatic rings. The molecular formula is C9H14N4S. The van der Waals surface area contributed by atoms with E-state index < -0.39 is 0 Å². The minimum atomic E-state index is 0.464. The average molecular weight is 210 g/mol. The summed E-state index contributed by atoms with van der Waals surface area (Å²) in [6.45, 7) is 4.37. The highest BCUT2D eigenvalue weighted by molar-refractivity contribution is 7.08. The molecule has 0 aliphatic carbocycles. The predicted molar refractivity (Wildman–Crippen MR) is 57.8 cm³/mol. The van der Waals surface area contributed by atoms with Crippen LogP contribution in [-0.2, 0) is 6.54 Å². The molecule has 0 saturated carbocycles. The van der Waals surface area contributed by atoms with Gasteiger partial charge in [0.2, 0.25) is 0 Å². The third-order valence-corrected chi connectivity index (χ3v) is 2.44. The maximum Gasteiger partial charge on any atom is 0.200 e. The van der Waals surface area contributed by atoms with E-state index in [2.05, 4.69) is 5.10 Å². The summed E-state index contributed by atoms with van der Waals surface area (Å²) in [6, 6.07) is 0. The number of nitrogens with zero attached hydrogens (tertiary/aromatic N) is 2. The molecule has 0 radical (unpaired) electrons. The average Bonchev–Trinajstić information content (AvgIpc) is 2.45. The molecule has 0 saturated heterocycles. The Morgan fingerprint density at radius 1 is 1.71 bits per heavy atom. The van der Waals surface area contributed by atoms with Gasteiger partial charge in [0.25, 0.3) is 0 Å². The van der Waals surface area contributed by atoms with Gasteiger partial charge in [-0.3, -0.25) is 5.41 Å². The summed E-state index contributed by atoms with van der Waals surface area (Å²) in [5.41, 5.74) is 6.31. The molecule has 0 unspecified atom stereocenters. The van der Waals surface area contributed by atoms with Crippen LogP contribution in [0.5, 0.6) is 0 Å². The van der Waals surface area contributed by atoms with Crippen molar-refractivity contribution in [2.24, 2.45) is 5.73 Å². The van der Waals surface area contributed by atoms with Crippen LogP contribution in [0.25, 0.3) is 0 Å². The van der Waals surface area contributed by atoms with Crippen LogP contribution in [0.2, 0.25) is 0 Å². The fourth-order valence-corrected chi connectivity index (χ4v) is 1.58. The van der Waals surface area contributed by atoms with Crippen LogP contribution in [0.15, 0.2) is 23.9 Å². The van der Waals surface area contributed by atoms with Crippen molar-refractivity contribution in [3.63, 3.8) is 0 Å². The lowest BCUT2D eigenvalue weighted by Gasteiger charge is -1.93. The smallest absolute Gasteiger partial charge is 0.200 e. The van der Waals surface area contributed by atoms with Gasteiger partial charge in [0, 0.05) is 5.70 Å². The first kappa shape index (κ1) is 10.7. The third-order valence-electron chi connectivity index (χ3n) is 1.66. The quantitative estimate of drug-likeness (QED) is 0.735. The number of hydrogen-bond acceptors (Lipinski definition) is 4. The Morgan fingerprint density at radius 3 is 2.93 bits per heavy atom. The number of allylic oxidation sites excluding steroid dienone is 3. The van der Waals surface area contributed by atoms with E-state index in [-0.39, 0.29) is 0 Å². The first-order valence-corrected chi connectivity index (χ1v) is 5.12. The second kappa shape index (κ2) is 4.76. The van der Waals surface area contributed by atoms with Crippen LogP contribution in [-0.4, -0.2) is 9.78 Å². The third kappa shape index (κ3) is 2.85. The number of nitrogens with one attached hydrogen (secondary N) is 1. The zero-order valence-electron chi connectivity index (χ0n) is 8.32. The molecule has 76 valence electrons. The summed E-state index contributed by atoms with van der Waals surface area (Å²) in [6.07, 6.45) is 5.54. The van der Waals surface area contributed by atoms with Crippen molar-refractivity contribution in [2.75, 3.05) is 0 Å². The molecule has 1 rings (SSSR count). The Bertz CT molecular complexity index is 411. The van der Waals surface area contributed by atoms with Crippen LogP contribution in [0.3, 0.4) is 0 Å². The van der Waals surface area contributed by atoms with Crippen molar-refractivity contribution in [1.29, 1.82) is 5.41 Å². The number of aryl methyl sites for hydroxylation is 1. The SMILES string of the molecule is C/C=C(N)\C=C/Cn1nc(C)sc1=N. The molecular weight excluding hydrogens is 196 g/mol. The summed E-state index contributed by atoms with van der Waals surface area (Å²) in [4.78, 5) is 0.464. The number of rotatable bonds is 3. The molecule has 0 aliphatic heterocycles. The minimum absolute atomic E-state index is 0.464. The fourth-order valence-electron chi connectivity index (χ4n) is 0.937. The maximum atomic E-state index is 7.56. The zero-order valence-corrected chi connectivity index (χ0v) is 9.14. The maximum absolute atomic E-state index is 7.56. The van der Waals surface area contributed by atoms with Crippen molar-refractivity contribution in [2.45, 2.75) is 20.4 Å². The van der Waals surface area contributed by atoms with Gasteiger partial charge in [-0.15, -0.1) is 0 Å². The lowest BCUT2D eigenvalue weighted by atomic mass is 10.4. The van der Waals surface area contributed by atoms with Crippen LogP contribution in [0.1, 0.15) is 11.9 Å². The Labute approximate surface area is 86.9 Å². The topological polar surface area (TPSA) is 67.7 Å². The summed E-state index contributed by atoms with van der Waals surface area (Å²) >= 11 is 1.37. The lowest BCUT2D eigenvalue weighted by Crippen LogP contribution is -2.13. The van der Waals surface area contributed by atoms with Crippen LogP contribution < -0.4 is 10.5 Å². The molecule has 0 amide bonds. The summed E-state index contributed by atoms with van der Waals surface area (Å²) in [5, 5.41) is 12.6. The summed E-state index contributed by atoms with van der Waals surface area (Å²) in [7, 11) is 0. The van der Waals surface area contributed by atoms with Gasteiger partial charge < -0.3 is 5.73 Å². The molecule has 1 aromatic heterocycles. The van der Waals surface area contributed by atoms with Crippen molar-refractivity contribution in [3.05, 3.63) is 33.7 Å². The van der Waals surface area contributed by atoms with E-state index in [1.807, 2.05) is 32.1 Å². The monoisotopic (exact) mass is 210 g/mol. The second-order valence-corrected chi connectivity index (χ2v) is 3.98. The van der Waals surface area contributed by atoms with Crippen molar-refractivity contribution >= 4 is 11.3 Å². The van der Waals surface area contributed by atoms with E-state index >= 15 is 0 Å². The molecule has 5 heteroatoms. The predicted octanol–water partition coefficient (Wildman–Crippen LogP) is 1.15. The Hall–Kier alpha value is -1.36.